The first-order valence-electron chi connectivity index (χ1n) is 2.75. The van der Waals surface area contributed by atoms with E-state index in [1.54, 1.807) is 7.11 Å². The first-order chi connectivity index (χ1) is 4.41. The number of ether oxygens (including phenoxy) is 2. The molecule has 0 aromatic rings. The van der Waals surface area contributed by atoms with Crippen molar-refractivity contribution < 1.29 is 19.6 Å². The summed E-state index contributed by atoms with van der Waals surface area (Å²) in [5.41, 5.74) is 0. The van der Waals surface area contributed by atoms with Gasteiger partial charge in [-0.3, -0.25) is 5.26 Å². The lowest BCUT2D eigenvalue weighted by molar-refractivity contribution is -0.249. The van der Waals surface area contributed by atoms with E-state index in [-0.39, 0.29) is 6.61 Å². The van der Waals surface area contributed by atoms with Gasteiger partial charge in [-0.05, 0) is 0 Å². The largest absolute Gasteiger partial charge is 0.382 e. The van der Waals surface area contributed by atoms with Crippen LogP contribution < -0.4 is 0 Å². The van der Waals surface area contributed by atoms with Crippen LogP contribution in [-0.4, -0.2) is 38.8 Å². The fraction of sp³-hybridized carbons (Fsp3) is 1.00. The van der Waals surface area contributed by atoms with Gasteiger partial charge in [0.2, 0.25) is 0 Å². The number of methoxy groups -OCH3 is 1. The van der Waals surface area contributed by atoms with Gasteiger partial charge in [-0.25, -0.2) is 4.89 Å². The lowest BCUT2D eigenvalue weighted by Gasteiger charge is -1.99. The maximum atomic E-state index is 7.81. The smallest absolute Gasteiger partial charge is 0.105 e. The van der Waals surface area contributed by atoms with Crippen molar-refractivity contribution in [2.24, 2.45) is 0 Å². The summed E-state index contributed by atoms with van der Waals surface area (Å²) in [5, 5.41) is 7.81. The third kappa shape index (κ3) is 7.84. The molecule has 0 saturated heterocycles. The molecular formula is C5H12O4. The van der Waals surface area contributed by atoms with Gasteiger partial charge >= 0.3 is 0 Å². The molecule has 9 heavy (non-hydrogen) atoms. The summed E-state index contributed by atoms with van der Waals surface area (Å²) in [5.74, 6) is 0. The third-order valence-electron chi connectivity index (χ3n) is 0.751. The molecule has 4 nitrogen and oxygen atoms in total. The molecule has 0 aromatic carbocycles. The molecule has 0 bridgehead atoms. The molecule has 0 saturated carbocycles. The van der Waals surface area contributed by atoms with Crippen LogP contribution in [0, 0.1) is 0 Å². The second-order valence-corrected chi connectivity index (χ2v) is 1.44. The van der Waals surface area contributed by atoms with E-state index in [1.165, 1.54) is 0 Å². The SMILES string of the molecule is COCCOCCOO. The van der Waals surface area contributed by atoms with Crippen molar-refractivity contribution in [2.45, 2.75) is 0 Å². The zero-order chi connectivity index (χ0) is 6.95. The Labute approximate surface area is 54.3 Å². The van der Waals surface area contributed by atoms with E-state index in [4.69, 9.17) is 14.7 Å². The van der Waals surface area contributed by atoms with Crippen LogP contribution in [0.4, 0.5) is 0 Å². The van der Waals surface area contributed by atoms with Crippen molar-refractivity contribution in [1.82, 2.24) is 0 Å². The second kappa shape index (κ2) is 7.84. The molecule has 0 atom stereocenters. The molecule has 4 heteroatoms. The monoisotopic (exact) mass is 136 g/mol. The summed E-state index contributed by atoms with van der Waals surface area (Å²) < 4.78 is 9.60. The standard InChI is InChI=1S/C5H12O4/c1-7-2-3-8-4-5-9-6/h6H,2-5H2,1H3. The van der Waals surface area contributed by atoms with E-state index in [2.05, 4.69) is 4.89 Å². The summed E-state index contributed by atoms with van der Waals surface area (Å²) >= 11 is 0. The zero-order valence-electron chi connectivity index (χ0n) is 5.50. The highest BCUT2D eigenvalue weighted by Gasteiger charge is 1.85. The van der Waals surface area contributed by atoms with Crippen molar-refractivity contribution in [2.75, 3.05) is 33.5 Å². The molecule has 0 radical (unpaired) electrons. The van der Waals surface area contributed by atoms with E-state index in [1.807, 2.05) is 0 Å². The van der Waals surface area contributed by atoms with E-state index >= 15 is 0 Å². The summed E-state index contributed by atoms with van der Waals surface area (Å²) in [6, 6.07) is 0. The Morgan fingerprint density at radius 2 is 1.78 bits per heavy atom. The Kier molecular flexibility index (Phi) is 7.70. The average molecular weight is 136 g/mol. The van der Waals surface area contributed by atoms with Crippen molar-refractivity contribution in [1.29, 1.82) is 0 Å². The van der Waals surface area contributed by atoms with Crippen LogP contribution in [0.5, 0.6) is 0 Å². The summed E-state index contributed by atoms with van der Waals surface area (Å²) in [4.78, 5) is 3.76. The van der Waals surface area contributed by atoms with Crippen LogP contribution in [-0.2, 0) is 14.4 Å². The van der Waals surface area contributed by atoms with E-state index in [9.17, 15) is 0 Å². The first kappa shape index (κ1) is 8.84. The fourth-order valence-electron chi connectivity index (χ4n) is 0.341. The molecule has 0 aliphatic rings. The van der Waals surface area contributed by atoms with Gasteiger partial charge in [0.15, 0.2) is 0 Å². The van der Waals surface area contributed by atoms with Gasteiger partial charge in [-0.15, -0.1) is 0 Å². The molecule has 0 unspecified atom stereocenters. The lowest BCUT2D eigenvalue weighted by Crippen LogP contribution is -2.06. The topological polar surface area (TPSA) is 47.9 Å². The number of hydrogen-bond donors (Lipinski definition) is 1. The minimum atomic E-state index is 0.212. The van der Waals surface area contributed by atoms with E-state index in [0.29, 0.717) is 19.8 Å². The zero-order valence-corrected chi connectivity index (χ0v) is 5.50. The minimum absolute atomic E-state index is 0.212. The van der Waals surface area contributed by atoms with Gasteiger partial charge in [-0.1, -0.05) is 0 Å². The predicted molar refractivity (Wildman–Crippen MR) is 31.3 cm³/mol. The third-order valence-corrected chi connectivity index (χ3v) is 0.751. The van der Waals surface area contributed by atoms with Gasteiger partial charge in [0.05, 0.1) is 19.8 Å². The Morgan fingerprint density at radius 3 is 2.33 bits per heavy atom. The van der Waals surface area contributed by atoms with Crippen molar-refractivity contribution in [3.05, 3.63) is 0 Å². The molecule has 0 spiro atoms. The summed E-state index contributed by atoms with van der Waals surface area (Å²) in [7, 11) is 1.60. The van der Waals surface area contributed by atoms with Crippen LogP contribution >= 0.6 is 0 Å². The molecule has 0 aromatic heterocycles. The molecule has 0 aliphatic heterocycles. The summed E-state index contributed by atoms with van der Waals surface area (Å²) in [6.07, 6.45) is 0. The van der Waals surface area contributed by atoms with Gasteiger partial charge in [0.1, 0.15) is 6.61 Å². The van der Waals surface area contributed by atoms with Crippen LogP contribution in [0.1, 0.15) is 0 Å². The first-order valence-corrected chi connectivity index (χ1v) is 2.75. The molecule has 1 N–H and O–H groups in total. The molecule has 0 rings (SSSR count). The average Bonchev–Trinajstić information content (AvgIpc) is 1.89. The van der Waals surface area contributed by atoms with Gasteiger partial charge < -0.3 is 9.47 Å². The van der Waals surface area contributed by atoms with Crippen LogP contribution in [0.3, 0.4) is 0 Å². The van der Waals surface area contributed by atoms with E-state index in [0.717, 1.165) is 0 Å². The van der Waals surface area contributed by atoms with Crippen LogP contribution in [0.2, 0.25) is 0 Å². The Balaban J connectivity index is 2.60. The molecule has 0 heterocycles. The summed E-state index contributed by atoms with van der Waals surface area (Å²) in [6.45, 7) is 1.73. The highest BCUT2D eigenvalue weighted by Crippen LogP contribution is 1.75. The predicted octanol–water partition coefficient (Wildman–Crippen LogP) is 0.139. The maximum Gasteiger partial charge on any atom is 0.105 e. The second-order valence-electron chi connectivity index (χ2n) is 1.44. The van der Waals surface area contributed by atoms with Gasteiger partial charge in [0.25, 0.3) is 0 Å². The highest BCUT2D eigenvalue weighted by molar-refractivity contribution is 4.27. The Morgan fingerprint density at radius 1 is 1.11 bits per heavy atom. The molecule has 0 aliphatic carbocycles. The quantitative estimate of drug-likeness (QED) is 0.320. The van der Waals surface area contributed by atoms with Crippen molar-refractivity contribution in [3.63, 3.8) is 0 Å². The van der Waals surface area contributed by atoms with E-state index < -0.39 is 0 Å². The van der Waals surface area contributed by atoms with Crippen LogP contribution in [0.25, 0.3) is 0 Å². The Bertz CT molecular complexity index is 42.2. The molecule has 0 fully saturated rings. The number of rotatable bonds is 6. The molecule has 0 amide bonds. The van der Waals surface area contributed by atoms with Gasteiger partial charge in [0, 0.05) is 7.11 Å². The van der Waals surface area contributed by atoms with Crippen LogP contribution in [0.15, 0.2) is 0 Å². The molecule has 56 valence electrons. The number of hydrogen-bond acceptors (Lipinski definition) is 4. The van der Waals surface area contributed by atoms with Crippen molar-refractivity contribution >= 4 is 0 Å². The molecular weight excluding hydrogens is 124 g/mol. The maximum absolute atomic E-state index is 7.81. The lowest BCUT2D eigenvalue weighted by atomic mass is 10.7. The van der Waals surface area contributed by atoms with Crippen molar-refractivity contribution in [3.8, 4) is 0 Å². The Hall–Kier alpha value is -0.160. The highest BCUT2D eigenvalue weighted by atomic mass is 17.1. The minimum Gasteiger partial charge on any atom is -0.382 e. The normalized spacial score (nSPS) is 10.0. The fourth-order valence-corrected chi connectivity index (χ4v) is 0.341. The van der Waals surface area contributed by atoms with Gasteiger partial charge in [-0.2, -0.15) is 0 Å².